The lowest BCUT2D eigenvalue weighted by Crippen LogP contribution is -1.87. The molecule has 0 unspecified atom stereocenters. The second-order valence-corrected chi connectivity index (χ2v) is 5.25. The SMILES string of the molecule is Clc1cc(-c2ccccc2)nc2c(Br)cccc12. The van der Waals surface area contributed by atoms with Crippen molar-refractivity contribution < 1.29 is 0 Å². The lowest BCUT2D eigenvalue weighted by atomic mass is 10.1. The highest BCUT2D eigenvalue weighted by Crippen LogP contribution is 2.31. The van der Waals surface area contributed by atoms with Gasteiger partial charge in [-0.3, -0.25) is 0 Å². The van der Waals surface area contributed by atoms with Gasteiger partial charge in [-0.2, -0.15) is 0 Å². The van der Waals surface area contributed by atoms with E-state index in [-0.39, 0.29) is 0 Å². The minimum absolute atomic E-state index is 0.722. The minimum atomic E-state index is 0.722. The van der Waals surface area contributed by atoms with Crippen LogP contribution in [0, 0.1) is 0 Å². The van der Waals surface area contributed by atoms with Crippen LogP contribution in [0.4, 0.5) is 0 Å². The first-order chi connectivity index (χ1) is 8.75. The van der Waals surface area contributed by atoms with E-state index < -0.39 is 0 Å². The molecule has 3 heteroatoms. The van der Waals surface area contributed by atoms with Crippen molar-refractivity contribution in [2.24, 2.45) is 0 Å². The molecular formula is C15H9BrClN. The Morgan fingerprint density at radius 3 is 2.50 bits per heavy atom. The first-order valence-electron chi connectivity index (χ1n) is 5.56. The maximum absolute atomic E-state index is 6.32. The average molecular weight is 319 g/mol. The standard InChI is InChI=1S/C15H9BrClN/c16-12-8-4-7-11-13(17)9-14(18-15(11)12)10-5-2-1-3-6-10/h1-9H. The summed E-state index contributed by atoms with van der Waals surface area (Å²) in [6.07, 6.45) is 0. The molecule has 0 aliphatic rings. The molecule has 0 N–H and O–H groups in total. The summed E-state index contributed by atoms with van der Waals surface area (Å²) in [5.74, 6) is 0. The van der Waals surface area contributed by atoms with Crippen LogP contribution < -0.4 is 0 Å². The Balaban J connectivity index is 2.31. The topological polar surface area (TPSA) is 12.9 Å². The van der Waals surface area contributed by atoms with Gasteiger partial charge in [-0.25, -0.2) is 4.98 Å². The van der Waals surface area contributed by atoms with Gasteiger partial charge >= 0.3 is 0 Å². The number of rotatable bonds is 1. The van der Waals surface area contributed by atoms with Gasteiger partial charge in [0.15, 0.2) is 0 Å². The quantitative estimate of drug-likeness (QED) is 0.592. The summed E-state index contributed by atoms with van der Waals surface area (Å²) in [4.78, 5) is 4.67. The van der Waals surface area contributed by atoms with Crippen molar-refractivity contribution in [3.8, 4) is 11.3 Å². The summed E-state index contributed by atoms with van der Waals surface area (Å²) >= 11 is 9.84. The van der Waals surface area contributed by atoms with Crippen LogP contribution in [0.15, 0.2) is 59.1 Å². The molecule has 1 heterocycles. The molecule has 3 aromatic rings. The van der Waals surface area contributed by atoms with Crippen LogP contribution in [0.25, 0.3) is 22.2 Å². The fourth-order valence-electron chi connectivity index (χ4n) is 1.93. The van der Waals surface area contributed by atoms with E-state index in [0.717, 1.165) is 31.7 Å². The number of hydrogen-bond donors (Lipinski definition) is 0. The first-order valence-corrected chi connectivity index (χ1v) is 6.73. The predicted octanol–water partition coefficient (Wildman–Crippen LogP) is 5.32. The van der Waals surface area contributed by atoms with Crippen molar-refractivity contribution in [2.75, 3.05) is 0 Å². The zero-order chi connectivity index (χ0) is 12.5. The Bertz CT molecular complexity index is 710. The lowest BCUT2D eigenvalue weighted by molar-refractivity contribution is 1.39. The van der Waals surface area contributed by atoms with Gasteiger partial charge < -0.3 is 0 Å². The molecule has 1 aromatic heterocycles. The summed E-state index contributed by atoms with van der Waals surface area (Å²) in [5.41, 5.74) is 2.85. The number of nitrogens with zero attached hydrogens (tertiary/aromatic N) is 1. The highest BCUT2D eigenvalue weighted by Gasteiger charge is 2.07. The summed E-state index contributed by atoms with van der Waals surface area (Å²) in [6, 6.07) is 17.9. The number of fused-ring (bicyclic) bond motifs is 1. The van der Waals surface area contributed by atoms with Crippen molar-refractivity contribution in [1.82, 2.24) is 4.98 Å². The van der Waals surface area contributed by atoms with Crippen molar-refractivity contribution in [2.45, 2.75) is 0 Å². The van der Waals surface area contributed by atoms with Crippen LogP contribution in [0.2, 0.25) is 5.02 Å². The molecule has 18 heavy (non-hydrogen) atoms. The highest BCUT2D eigenvalue weighted by molar-refractivity contribution is 9.10. The second kappa shape index (κ2) is 4.71. The molecule has 0 aliphatic heterocycles. The maximum Gasteiger partial charge on any atom is 0.0866 e. The van der Waals surface area contributed by atoms with Gasteiger partial charge in [0.05, 0.1) is 16.2 Å². The largest absolute Gasteiger partial charge is 0.246 e. The van der Waals surface area contributed by atoms with E-state index in [1.54, 1.807) is 0 Å². The molecule has 2 aromatic carbocycles. The van der Waals surface area contributed by atoms with Gasteiger partial charge in [-0.05, 0) is 28.1 Å². The molecule has 0 amide bonds. The zero-order valence-electron chi connectivity index (χ0n) is 9.40. The number of benzene rings is 2. The van der Waals surface area contributed by atoms with Crippen molar-refractivity contribution in [3.05, 3.63) is 64.1 Å². The third-order valence-electron chi connectivity index (χ3n) is 2.81. The van der Waals surface area contributed by atoms with E-state index in [4.69, 9.17) is 11.6 Å². The van der Waals surface area contributed by atoms with E-state index in [2.05, 4.69) is 20.9 Å². The van der Waals surface area contributed by atoms with Crippen molar-refractivity contribution in [1.29, 1.82) is 0 Å². The van der Waals surface area contributed by atoms with E-state index in [9.17, 15) is 0 Å². The highest BCUT2D eigenvalue weighted by atomic mass is 79.9. The predicted molar refractivity (Wildman–Crippen MR) is 79.9 cm³/mol. The second-order valence-electron chi connectivity index (χ2n) is 3.99. The minimum Gasteiger partial charge on any atom is -0.246 e. The van der Waals surface area contributed by atoms with Crippen molar-refractivity contribution in [3.63, 3.8) is 0 Å². The molecule has 0 atom stereocenters. The maximum atomic E-state index is 6.32. The third-order valence-corrected chi connectivity index (χ3v) is 3.76. The normalized spacial score (nSPS) is 10.8. The summed E-state index contributed by atoms with van der Waals surface area (Å²) in [6.45, 7) is 0. The van der Waals surface area contributed by atoms with Crippen LogP contribution in [0.5, 0.6) is 0 Å². The number of halogens is 2. The van der Waals surface area contributed by atoms with Crippen LogP contribution in [0.3, 0.4) is 0 Å². The summed E-state index contributed by atoms with van der Waals surface area (Å²) < 4.78 is 0.958. The van der Waals surface area contributed by atoms with Crippen LogP contribution in [-0.4, -0.2) is 4.98 Å². The summed E-state index contributed by atoms with van der Waals surface area (Å²) in [7, 11) is 0. The van der Waals surface area contributed by atoms with Crippen LogP contribution in [-0.2, 0) is 0 Å². The van der Waals surface area contributed by atoms with Crippen molar-refractivity contribution >= 4 is 38.4 Å². The molecule has 0 fully saturated rings. The number of pyridine rings is 1. The van der Waals surface area contributed by atoms with E-state index in [1.807, 2.05) is 54.6 Å². The van der Waals surface area contributed by atoms with E-state index in [0.29, 0.717) is 0 Å². The number of para-hydroxylation sites is 1. The van der Waals surface area contributed by atoms with E-state index >= 15 is 0 Å². The van der Waals surface area contributed by atoms with Crippen LogP contribution in [0.1, 0.15) is 0 Å². The molecule has 1 nitrogen and oxygen atoms in total. The molecule has 0 aliphatic carbocycles. The number of hydrogen-bond acceptors (Lipinski definition) is 1. The van der Waals surface area contributed by atoms with Gasteiger partial charge in [0.25, 0.3) is 0 Å². The fraction of sp³-hybridized carbons (Fsp3) is 0. The molecule has 0 spiro atoms. The Kier molecular flexibility index (Phi) is 3.06. The van der Waals surface area contributed by atoms with Crippen LogP contribution >= 0.6 is 27.5 Å². The van der Waals surface area contributed by atoms with Gasteiger partial charge in [-0.1, -0.05) is 54.1 Å². The smallest absolute Gasteiger partial charge is 0.0866 e. The lowest BCUT2D eigenvalue weighted by Gasteiger charge is -2.06. The van der Waals surface area contributed by atoms with Gasteiger partial charge in [0.2, 0.25) is 0 Å². The third kappa shape index (κ3) is 2.02. The van der Waals surface area contributed by atoms with E-state index in [1.165, 1.54) is 0 Å². The molecule has 0 saturated heterocycles. The molecule has 0 bridgehead atoms. The molecule has 3 rings (SSSR count). The monoisotopic (exact) mass is 317 g/mol. The molecule has 88 valence electrons. The fourth-order valence-corrected chi connectivity index (χ4v) is 2.64. The first kappa shape index (κ1) is 11.7. The van der Waals surface area contributed by atoms with Gasteiger partial charge in [-0.15, -0.1) is 0 Å². The van der Waals surface area contributed by atoms with Gasteiger partial charge in [0.1, 0.15) is 0 Å². The molecule has 0 saturated carbocycles. The Morgan fingerprint density at radius 2 is 1.72 bits per heavy atom. The Hall–Kier alpha value is -1.38. The molecular weight excluding hydrogens is 310 g/mol. The Morgan fingerprint density at radius 1 is 0.944 bits per heavy atom. The number of aromatic nitrogens is 1. The Labute approximate surface area is 119 Å². The average Bonchev–Trinajstić information content (AvgIpc) is 2.41. The summed E-state index contributed by atoms with van der Waals surface area (Å²) in [5, 5.41) is 1.69. The zero-order valence-corrected chi connectivity index (χ0v) is 11.7. The molecule has 0 radical (unpaired) electrons. The van der Waals surface area contributed by atoms with Gasteiger partial charge in [0, 0.05) is 15.4 Å².